The molecule has 6 heteroatoms. The van der Waals surface area contributed by atoms with Crippen LogP contribution in [-0.2, 0) is 0 Å². The fourth-order valence-corrected chi connectivity index (χ4v) is 3.57. The zero-order chi connectivity index (χ0) is 17.5. The number of piperidine rings is 1. The normalized spacial score (nSPS) is 26.1. The van der Waals surface area contributed by atoms with E-state index in [9.17, 15) is 0 Å². The smallest absolute Gasteiger partial charge is 0.191 e. The highest BCUT2D eigenvalue weighted by atomic mass is 15.3. The number of piperazine rings is 1. The largest absolute Gasteiger partial charge is 0.357 e. The molecule has 0 saturated carbocycles. The Balaban J connectivity index is 1.84. The van der Waals surface area contributed by atoms with Gasteiger partial charge in [-0.05, 0) is 47.7 Å². The molecule has 1 unspecified atom stereocenters. The number of guanidine groups is 1. The molecular formula is C18H38N6. The minimum Gasteiger partial charge on any atom is -0.357 e. The van der Waals surface area contributed by atoms with E-state index in [0.717, 1.165) is 38.7 Å². The van der Waals surface area contributed by atoms with Gasteiger partial charge in [0.05, 0.1) is 6.54 Å². The molecule has 0 spiro atoms. The van der Waals surface area contributed by atoms with Crippen molar-refractivity contribution in [3.8, 4) is 0 Å². The van der Waals surface area contributed by atoms with Crippen LogP contribution in [0.4, 0.5) is 0 Å². The van der Waals surface area contributed by atoms with E-state index in [1.165, 1.54) is 25.9 Å². The molecule has 2 heterocycles. The standard InChI is InChI=1S/C18H38N6/c1-6-19-18(20-13-17-14-22(4)11-12-23(17)5)21-16-7-9-24(10-8-16)15(2)3/h15-17H,6-14H2,1-5H3,(H2,19,20,21). The topological polar surface area (TPSA) is 46.1 Å². The minimum absolute atomic E-state index is 0.516. The van der Waals surface area contributed by atoms with Gasteiger partial charge in [0.1, 0.15) is 0 Å². The third kappa shape index (κ3) is 5.90. The molecule has 2 rings (SSSR count). The van der Waals surface area contributed by atoms with E-state index in [1.807, 2.05) is 0 Å². The molecule has 140 valence electrons. The molecule has 0 radical (unpaired) electrons. The fraction of sp³-hybridized carbons (Fsp3) is 0.944. The van der Waals surface area contributed by atoms with E-state index in [2.05, 4.69) is 60.2 Å². The monoisotopic (exact) mass is 338 g/mol. The minimum atomic E-state index is 0.516. The van der Waals surface area contributed by atoms with Gasteiger partial charge in [-0.15, -0.1) is 0 Å². The average molecular weight is 339 g/mol. The molecule has 1 atom stereocenters. The molecule has 2 aliphatic rings. The van der Waals surface area contributed by atoms with Crippen LogP contribution < -0.4 is 10.6 Å². The molecule has 0 aromatic heterocycles. The summed E-state index contributed by atoms with van der Waals surface area (Å²) in [5.74, 6) is 0.988. The van der Waals surface area contributed by atoms with E-state index >= 15 is 0 Å². The summed E-state index contributed by atoms with van der Waals surface area (Å²) in [5, 5.41) is 7.08. The quantitative estimate of drug-likeness (QED) is 0.570. The third-order valence-electron chi connectivity index (χ3n) is 5.39. The highest BCUT2D eigenvalue weighted by Crippen LogP contribution is 2.13. The lowest BCUT2D eigenvalue weighted by Crippen LogP contribution is -2.52. The number of hydrogen-bond donors (Lipinski definition) is 2. The molecule has 2 saturated heterocycles. The lowest BCUT2D eigenvalue weighted by molar-refractivity contribution is 0.119. The fourth-order valence-electron chi connectivity index (χ4n) is 3.57. The van der Waals surface area contributed by atoms with Gasteiger partial charge in [0.2, 0.25) is 0 Å². The van der Waals surface area contributed by atoms with Crippen molar-refractivity contribution >= 4 is 5.96 Å². The lowest BCUT2D eigenvalue weighted by Gasteiger charge is -2.37. The maximum absolute atomic E-state index is 4.88. The molecule has 0 aromatic carbocycles. The van der Waals surface area contributed by atoms with E-state index in [4.69, 9.17) is 4.99 Å². The van der Waals surface area contributed by atoms with Gasteiger partial charge >= 0.3 is 0 Å². The summed E-state index contributed by atoms with van der Waals surface area (Å²) >= 11 is 0. The summed E-state index contributed by atoms with van der Waals surface area (Å²) in [5.41, 5.74) is 0. The predicted octanol–water partition coefficient (Wildman–Crippen LogP) is 0.660. The molecule has 24 heavy (non-hydrogen) atoms. The van der Waals surface area contributed by atoms with Crippen LogP contribution in [0.25, 0.3) is 0 Å². The van der Waals surface area contributed by atoms with Gasteiger partial charge in [-0.25, -0.2) is 0 Å². The maximum Gasteiger partial charge on any atom is 0.191 e. The zero-order valence-corrected chi connectivity index (χ0v) is 16.4. The van der Waals surface area contributed by atoms with Crippen molar-refractivity contribution in [3.05, 3.63) is 0 Å². The summed E-state index contributed by atoms with van der Waals surface area (Å²) in [4.78, 5) is 12.3. The van der Waals surface area contributed by atoms with Gasteiger partial charge in [-0.1, -0.05) is 0 Å². The van der Waals surface area contributed by atoms with Gasteiger partial charge in [0, 0.05) is 57.4 Å². The van der Waals surface area contributed by atoms with Gasteiger partial charge in [-0.3, -0.25) is 9.89 Å². The molecule has 2 N–H and O–H groups in total. The van der Waals surface area contributed by atoms with E-state index in [1.54, 1.807) is 0 Å². The highest BCUT2D eigenvalue weighted by molar-refractivity contribution is 5.80. The number of likely N-dealkylation sites (N-methyl/N-ethyl adjacent to an activating group) is 2. The van der Waals surface area contributed by atoms with Crippen LogP contribution in [0.2, 0.25) is 0 Å². The van der Waals surface area contributed by atoms with Crippen molar-refractivity contribution in [1.82, 2.24) is 25.3 Å². The molecule has 0 amide bonds. The first-order valence-corrected chi connectivity index (χ1v) is 9.67. The molecule has 0 aromatic rings. The Kier molecular flexibility index (Phi) is 7.78. The predicted molar refractivity (Wildman–Crippen MR) is 103 cm³/mol. The van der Waals surface area contributed by atoms with E-state index in [0.29, 0.717) is 18.1 Å². The van der Waals surface area contributed by atoms with Crippen LogP contribution in [0.1, 0.15) is 33.6 Å². The van der Waals surface area contributed by atoms with Crippen LogP contribution >= 0.6 is 0 Å². The number of rotatable bonds is 5. The number of nitrogens with zero attached hydrogens (tertiary/aromatic N) is 4. The molecule has 6 nitrogen and oxygen atoms in total. The van der Waals surface area contributed by atoms with Gasteiger partial charge < -0.3 is 20.4 Å². The van der Waals surface area contributed by atoms with Crippen LogP contribution in [0, 0.1) is 0 Å². The Labute approximate surface area is 148 Å². The summed E-state index contributed by atoms with van der Waals surface area (Å²) < 4.78 is 0. The first-order valence-electron chi connectivity index (χ1n) is 9.67. The van der Waals surface area contributed by atoms with Gasteiger partial charge in [0.25, 0.3) is 0 Å². The van der Waals surface area contributed by atoms with Gasteiger partial charge in [-0.2, -0.15) is 0 Å². The van der Waals surface area contributed by atoms with Crippen molar-refractivity contribution in [1.29, 1.82) is 0 Å². The first-order chi connectivity index (χ1) is 11.5. The van der Waals surface area contributed by atoms with Gasteiger partial charge in [0.15, 0.2) is 5.96 Å². The SMILES string of the molecule is CCNC(=NCC1CN(C)CCN1C)NC1CCN(C(C)C)CC1. The van der Waals surface area contributed by atoms with Crippen LogP contribution in [0.5, 0.6) is 0 Å². The second-order valence-electron chi connectivity index (χ2n) is 7.66. The van der Waals surface area contributed by atoms with Crippen molar-refractivity contribution in [2.24, 2.45) is 4.99 Å². The molecule has 0 aliphatic carbocycles. The Bertz CT molecular complexity index is 389. The molecule has 2 aliphatic heterocycles. The van der Waals surface area contributed by atoms with E-state index in [-0.39, 0.29) is 0 Å². The lowest BCUT2D eigenvalue weighted by atomic mass is 10.0. The van der Waals surface area contributed by atoms with Crippen molar-refractivity contribution in [2.75, 3.05) is 59.9 Å². The van der Waals surface area contributed by atoms with Crippen molar-refractivity contribution in [3.63, 3.8) is 0 Å². The summed E-state index contributed by atoms with van der Waals surface area (Å²) in [6, 6.07) is 1.72. The summed E-state index contributed by atoms with van der Waals surface area (Å²) in [6.45, 7) is 14.3. The zero-order valence-electron chi connectivity index (χ0n) is 16.4. The second-order valence-corrected chi connectivity index (χ2v) is 7.66. The van der Waals surface area contributed by atoms with Crippen LogP contribution in [-0.4, -0.2) is 98.7 Å². The number of likely N-dealkylation sites (tertiary alicyclic amines) is 1. The Morgan fingerprint density at radius 2 is 1.83 bits per heavy atom. The first kappa shape index (κ1) is 19.5. The molecular weight excluding hydrogens is 300 g/mol. The maximum atomic E-state index is 4.88. The molecule has 0 bridgehead atoms. The van der Waals surface area contributed by atoms with Crippen LogP contribution in [0.15, 0.2) is 4.99 Å². The van der Waals surface area contributed by atoms with Crippen molar-refractivity contribution < 1.29 is 0 Å². The third-order valence-corrected chi connectivity index (χ3v) is 5.39. The number of hydrogen-bond acceptors (Lipinski definition) is 4. The second kappa shape index (κ2) is 9.59. The van der Waals surface area contributed by atoms with E-state index < -0.39 is 0 Å². The Morgan fingerprint density at radius 1 is 1.12 bits per heavy atom. The van der Waals surface area contributed by atoms with Crippen molar-refractivity contribution in [2.45, 2.75) is 51.7 Å². The van der Waals surface area contributed by atoms with Crippen LogP contribution in [0.3, 0.4) is 0 Å². The summed E-state index contributed by atoms with van der Waals surface area (Å²) in [7, 11) is 4.42. The summed E-state index contributed by atoms with van der Waals surface area (Å²) in [6.07, 6.45) is 2.41. The molecule has 2 fully saturated rings. The average Bonchev–Trinajstić information content (AvgIpc) is 2.56. The highest BCUT2D eigenvalue weighted by Gasteiger charge is 2.23. The Morgan fingerprint density at radius 3 is 2.46 bits per heavy atom. The number of nitrogens with one attached hydrogen (secondary N) is 2. The number of aliphatic imine (C=N–C) groups is 1. The Hall–Kier alpha value is -0.850.